The number of nitrogens with one attached hydrogen (secondary N) is 2. The van der Waals surface area contributed by atoms with Gasteiger partial charge in [-0.2, -0.15) is 0 Å². The van der Waals surface area contributed by atoms with Crippen molar-refractivity contribution < 1.29 is 39.3 Å². The van der Waals surface area contributed by atoms with Gasteiger partial charge < -0.3 is 36.6 Å². The van der Waals surface area contributed by atoms with E-state index in [0.717, 1.165) is 0 Å². The molecule has 0 aromatic heterocycles. The zero-order valence-corrected chi connectivity index (χ0v) is 17.7. The fourth-order valence-electron chi connectivity index (χ4n) is 3.35. The molecule has 0 aromatic rings. The van der Waals surface area contributed by atoms with Gasteiger partial charge >= 0.3 is 11.9 Å². The third-order valence-electron chi connectivity index (χ3n) is 4.96. The summed E-state index contributed by atoms with van der Waals surface area (Å²) in [7, 11) is 0. The number of amides is 3. The second-order valence-electron chi connectivity index (χ2n) is 8.00. The molecule has 1 rings (SSSR count). The van der Waals surface area contributed by atoms with Crippen LogP contribution in [0.15, 0.2) is 0 Å². The van der Waals surface area contributed by atoms with E-state index in [2.05, 4.69) is 10.6 Å². The Morgan fingerprint density at radius 2 is 1.74 bits per heavy atom. The predicted molar refractivity (Wildman–Crippen MR) is 108 cm³/mol. The summed E-state index contributed by atoms with van der Waals surface area (Å²) in [5.74, 6) is -4.36. The molecular formula is C19H32N4O8. The van der Waals surface area contributed by atoms with Crippen LogP contribution in [-0.4, -0.2) is 87.2 Å². The van der Waals surface area contributed by atoms with Gasteiger partial charge in [-0.05, 0) is 31.6 Å². The molecule has 4 atom stereocenters. The molecular weight excluding hydrogens is 412 g/mol. The Balaban J connectivity index is 2.86. The van der Waals surface area contributed by atoms with E-state index in [4.69, 9.17) is 21.1 Å². The van der Waals surface area contributed by atoms with Crippen molar-refractivity contribution in [1.82, 2.24) is 15.5 Å². The number of aliphatic hydroxyl groups excluding tert-OH is 1. The molecule has 1 aliphatic rings. The normalized spacial score (nSPS) is 18.9. The van der Waals surface area contributed by atoms with Crippen LogP contribution in [0.5, 0.6) is 0 Å². The van der Waals surface area contributed by atoms with Gasteiger partial charge in [0.25, 0.3) is 0 Å². The lowest BCUT2D eigenvalue weighted by atomic mass is 10.0. The summed E-state index contributed by atoms with van der Waals surface area (Å²) in [5.41, 5.74) is 5.79. The van der Waals surface area contributed by atoms with Gasteiger partial charge in [-0.25, -0.2) is 4.79 Å². The minimum atomic E-state index is -1.50. The molecule has 0 saturated carbocycles. The van der Waals surface area contributed by atoms with Crippen molar-refractivity contribution in [3.8, 4) is 0 Å². The van der Waals surface area contributed by atoms with Crippen LogP contribution in [0.25, 0.3) is 0 Å². The summed E-state index contributed by atoms with van der Waals surface area (Å²) in [6, 6.07) is -4.48. The highest BCUT2D eigenvalue weighted by atomic mass is 16.4. The molecule has 1 fully saturated rings. The van der Waals surface area contributed by atoms with E-state index in [-0.39, 0.29) is 31.7 Å². The molecule has 31 heavy (non-hydrogen) atoms. The number of carboxylic acid groups (broad SMARTS) is 2. The van der Waals surface area contributed by atoms with E-state index in [1.165, 1.54) is 4.90 Å². The number of aliphatic hydroxyl groups is 1. The van der Waals surface area contributed by atoms with E-state index in [0.29, 0.717) is 12.8 Å². The standard InChI is InChI=1S/C19H32N4O8/c1-10(2)8-12(16(27)22-13(9-24)19(30)31)21-17(28)14-4-3-7-23(14)18(29)11(20)5-6-15(25)26/h10-14,24H,3-9,20H2,1-2H3,(H,21,28)(H,22,27)(H,25,26)(H,30,31). The number of carbonyl (C=O) groups is 5. The fraction of sp³-hybridized carbons (Fsp3) is 0.737. The van der Waals surface area contributed by atoms with E-state index in [1.807, 2.05) is 13.8 Å². The molecule has 1 heterocycles. The number of hydrogen-bond acceptors (Lipinski definition) is 7. The van der Waals surface area contributed by atoms with Gasteiger partial charge in [-0.1, -0.05) is 13.8 Å². The summed E-state index contributed by atoms with van der Waals surface area (Å²) in [4.78, 5) is 61.0. The molecule has 12 nitrogen and oxygen atoms in total. The first-order valence-corrected chi connectivity index (χ1v) is 10.2. The number of rotatable bonds is 12. The number of nitrogens with zero attached hydrogens (tertiary/aromatic N) is 1. The van der Waals surface area contributed by atoms with Crippen LogP contribution in [0.1, 0.15) is 46.0 Å². The molecule has 0 aliphatic carbocycles. The number of carboxylic acids is 2. The molecule has 1 saturated heterocycles. The summed E-state index contributed by atoms with van der Waals surface area (Å²) < 4.78 is 0. The van der Waals surface area contributed by atoms with Gasteiger partial charge in [0.05, 0.1) is 12.6 Å². The average Bonchev–Trinajstić information content (AvgIpc) is 3.18. The van der Waals surface area contributed by atoms with Crippen LogP contribution < -0.4 is 16.4 Å². The third-order valence-corrected chi connectivity index (χ3v) is 4.96. The van der Waals surface area contributed by atoms with Gasteiger partial charge in [-0.15, -0.1) is 0 Å². The molecule has 0 spiro atoms. The van der Waals surface area contributed by atoms with Gasteiger partial charge in [0.1, 0.15) is 18.1 Å². The lowest BCUT2D eigenvalue weighted by molar-refractivity contribution is -0.144. The Labute approximate surface area is 180 Å². The average molecular weight is 444 g/mol. The lowest BCUT2D eigenvalue weighted by Gasteiger charge is -2.29. The molecule has 4 unspecified atom stereocenters. The molecule has 0 aromatic carbocycles. The summed E-state index contributed by atoms with van der Waals surface area (Å²) in [6.45, 7) is 3.12. The minimum absolute atomic E-state index is 0.0146. The fourth-order valence-corrected chi connectivity index (χ4v) is 3.35. The third kappa shape index (κ3) is 8.13. The second kappa shape index (κ2) is 12.2. The highest BCUT2D eigenvalue weighted by Crippen LogP contribution is 2.20. The van der Waals surface area contributed by atoms with E-state index in [1.54, 1.807) is 0 Å². The molecule has 0 bridgehead atoms. The maximum absolute atomic E-state index is 12.8. The van der Waals surface area contributed by atoms with Gasteiger partial charge in [0, 0.05) is 13.0 Å². The summed E-state index contributed by atoms with van der Waals surface area (Å²) >= 11 is 0. The molecule has 7 N–H and O–H groups in total. The van der Waals surface area contributed by atoms with Crippen molar-refractivity contribution in [3.05, 3.63) is 0 Å². The Hall–Kier alpha value is -2.73. The van der Waals surface area contributed by atoms with Crippen LogP contribution in [0.4, 0.5) is 0 Å². The molecule has 12 heteroatoms. The Morgan fingerprint density at radius 1 is 1.10 bits per heavy atom. The molecule has 176 valence electrons. The lowest BCUT2D eigenvalue weighted by Crippen LogP contribution is -2.57. The maximum Gasteiger partial charge on any atom is 0.328 e. The maximum atomic E-state index is 12.8. The van der Waals surface area contributed by atoms with E-state index >= 15 is 0 Å². The first-order chi connectivity index (χ1) is 14.5. The van der Waals surface area contributed by atoms with Gasteiger partial charge in [0.15, 0.2) is 0 Å². The zero-order chi connectivity index (χ0) is 23.7. The predicted octanol–water partition coefficient (Wildman–Crippen LogP) is -1.74. The zero-order valence-electron chi connectivity index (χ0n) is 17.7. The van der Waals surface area contributed by atoms with Crippen molar-refractivity contribution in [2.24, 2.45) is 11.7 Å². The number of hydrogen-bond donors (Lipinski definition) is 6. The number of carbonyl (C=O) groups excluding carboxylic acids is 3. The quantitative estimate of drug-likeness (QED) is 0.202. The topological polar surface area (TPSA) is 199 Å². The van der Waals surface area contributed by atoms with Crippen LogP contribution in [0.3, 0.4) is 0 Å². The van der Waals surface area contributed by atoms with Crippen molar-refractivity contribution in [1.29, 1.82) is 0 Å². The van der Waals surface area contributed by atoms with Gasteiger partial charge in [0.2, 0.25) is 17.7 Å². The van der Waals surface area contributed by atoms with Crippen molar-refractivity contribution in [2.45, 2.75) is 70.1 Å². The summed E-state index contributed by atoms with van der Waals surface area (Å²) in [6.07, 6.45) is 0.781. The van der Waals surface area contributed by atoms with Crippen molar-refractivity contribution in [3.63, 3.8) is 0 Å². The number of nitrogens with two attached hydrogens (primary N) is 1. The van der Waals surface area contributed by atoms with Crippen LogP contribution >= 0.6 is 0 Å². The summed E-state index contributed by atoms with van der Waals surface area (Å²) in [5, 5.41) is 31.6. The molecule has 1 aliphatic heterocycles. The Kier molecular flexibility index (Phi) is 10.4. The van der Waals surface area contributed by atoms with E-state index in [9.17, 15) is 24.0 Å². The first-order valence-electron chi connectivity index (χ1n) is 10.2. The molecule has 0 radical (unpaired) electrons. The number of likely N-dealkylation sites (tertiary alicyclic amines) is 1. The van der Waals surface area contributed by atoms with Crippen molar-refractivity contribution >= 4 is 29.7 Å². The smallest absolute Gasteiger partial charge is 0.328 e. The highest BCUT2D eigenvalue weighted by molar-refractivity contribution is 5.94. The van der Waals surface area contributed by atoms with Crippen LogP contribution in [0.2, 0.25) is 0 Å². The van der Waals surface area contributed by atoms with Crippen LogP contribution in [0, 0.1) is 5.92 Å². The second-order valence-corrected chi connectivity index (χ2v) is 8.00. The largest absolute Gasteiger partial charge is 0.481 e. The number of aliphatic carboxylic acids is 2. The monoisotopic (exact) mass is 444 g/mol. The van der Waals surface area contributed by atoms with Crippen molar-refractivity contribution in [2.75, 3.05) is 13.2 Å². The highest BCUT2D eigenvalue weighted by Gasteiger charge is 2.38. The minimum Gasteiger partial charge on any atom is -0.481 e. The first kappa shape index (κ1) is 26.3. The van der Waals surface area contributed by atoms with Crippen LogP contribution in [-0.2, 0) is 24.0 Å². The van der Waals surface area contributed by atoms with Gasteiger partial charge in [-0.3, -0.25) is 19.2 Å². The van der Waals surface area contributed by atoms with E-state index < -0.39 is 60.4 Å². The molecule has 3 amide bonds. The SMILES string of the molecule is CC(C)CC(NC(=O)C1CCCN1C(=O)C(N)CCC(=O)O)C(=O)NC(CO)C(=O)O. The Morgan fingerprint density at radius 3 is 2.26 bits per heavy atom. The Bertz CT molecular complexity index is 684.